The summed E-state index contributed by atoms with van der Waals surface area (Å²) in [5.41, 5.74) is 4.19. The van der Waals surface area contributed by atoms with E-state index in [1.807, 2.05) is 54.3 Å². The molecule has 1 atom stereocenters. The number of nitrogens with one attached hydrogen (secondary N) is 3. The van der Waals surface area contributed by atoms with E-state index in [2.05, 4.69) is 44.5 Å². The fourth-order valence-electron chi connectivity index (χ4n) is 9.08. The Morgan fingerprint density at radius 1 is 0.897 bits per heavy atom. The number of ether oxygens (including phenoxy) is 1. The highest BCUT2D eigenvalue weighted by molar-refractivity contribution is 5.88. The Labute approximate surface area is 341 Å². The average Bonchev–Trinajstić information content (AvgIpc) is 3.66. The van der Waals surface area contributed by atoms with Crippen LogP contribution in [0, 0.1) is 6.92 Å². The van der Waals surface area contributed by atoms with Gasteiger partial charge in [-0.1, -0.05) is 50.5 Å². The van der Waals surface area contributed by atoms with E-state index < -0.39 is 12.1 Å². The molecule has 4 amide bonds. The summed E-state index contributed by atoms with van der Waals surface area (Å²) in [6.07, 6.45) is 9.49. The molecule has 0 unspecified atom stereocenters. The zero-order chi connectivity index (χ0) is 40.6. The zero-order valence-corrected chi connectivity index (χ0v) is 34.5. The van der Waals surface area contributed by atoms with Crippen LogP contribution in [0.25, 0.3) is 21.8 Å². The normalized spacial score (nSPS) is 18.1. The molecule has 3 saturated heterocycles. The summed E-state index contributed by atoms with van der Waals surface area (Å²) in [4.78, 5) is 65.4. The van der Waals surface area contributed by atoms with Crippen molar-refractivity contribution in [3.63, 3.8) is 0 Å². The van der Waals surface area contributed by atoms with Crippen LogP contribution in [0.5, 0.6) is 0 Å². The van der Waals surface area contributed by atoms with Gasteiger partial charge in [-0.2, -0.15) is 5.10 Å². The minimum absolute atomic E-state index is 0.0167. The largest absolute Gasteiger partial charge is 0.426 e. The van der Waals surface area contributed by atoms with Crippen LogP contribution in [0.15, 0.2) is 53.5 Å². The second kappa shape index (κ2) is 19.2. The van der Waals surface area contributed by atoms with Gasteiger partial charge in [-0.15, -0.1) is 0 Å². The number of para-hydroxylation sites is 1. The third-order valence-electron chi connectivity index (χ3n) is 12.5. The molecule has 0 bridgehead atoms. The van der Waals surface area contributed by atoms with Gasteiger partial charge in [-0.05, 0) is 99.8 Å². The molecule has 0 aliphatic carbocycles. The number of piperazine rings is 1. The molecular weight excluding hydrogens is 735 g/mol. The third kappa shape index (κ3) is 10.0. The number of aryl methyl sites for hydroxylation is 1. The minimum atomic E-state index is -0.764. The second-order valence-electron chi connectivity index (χ2n) is 16.5. The van der Waals surface area contributed by atoms with Crippen molar-refractivity contribution in [2.24, 2.45) is 0 Å². The predicted molar refractivity (Wildman–Crippen MR) is 226 cm³/mol. The van der Waals surface area contributed by atoms with Gasteiger partial charge in [-0.25, -0.2) is 14.3 Å². The molecule has 0 saturated carbocycles. The van der Waals surface area contributed by atoms with Crippen molar-refractivity contribution in [1.82, 2.24) is 45.0 Å². The van der Waals surface area contributed by atoms with E-state index in [1.165, 1.54) is 0 Å². The summed E-state index contributed by atoms with van der Waals surface area (Å²) < 4.78 is 7.16. The SMILES string of the molecule is CCCCCCNC(=O)OCn1ncc2cc(C[C@@H](NC(=O)N3CCC(c4cc5ccccc5[nH]c4=O)CC3)C(=O)N3CCN(C4CCN(C)CC4)CC3)cc(C)c21. The molecule has 0 radical (unpaired) electrons. The number of urea groups is 1. The number of carbonyl (C=O) groups excluding carboxylic acids is 3. The van der Waals surface area contributed by atoms with Crippen LogP contribution in [-0.4, -0.2) is 130 Å². The van der Waals surface area contributed by atoms with Gasteiger partial charge in [0.1, 0.15) is 6.04 Å². The second-order valence-corrected chi connectivity index (χ2v) is 16.5. The molecule has 7 rings (SSSR count). The molecule has 0 spiro atoms. The van der Waals surface area contributed by atoms with Gasteiger partial charge in [0.25, 0.3) is 5.56 Å². The molecule has 2 aromatic carbocycles. The number of benzene rings is 2. The number of fused-ring (bicyclic) bond motifs is 2. The van der Waals surface area contributed by atoms with Crippen molar-refractivity contribution in [3.05, 3.63) is 75.7 Å². The zero-order valence-electron chi connectivity index (χ0n) is 34.5. The van der Waals surface area contributed by atoms with E-state index in [9.17, 15) is 19.2 Å². The van der Waals surface area contributed by atoms with Crippen LogP contribution in [0.2, 0.25) is 0 Å². The van der Waals surface area contributed by atoms with Crippen molar-refractivity contribution < 1.29 is 19.1 Å². The van der Waals surface area contributed by atoms with Gasteiger partial charge in [0.15, 0.2) is 6.73 Å². The first-order valence-corrected chi connectivity index (χ1v) is 21.4. The third-order valence-corrected chi connectivity index (χ3v) is 12.5. The maximum Gasteiger partial charge on any atom is 0.408 e. The number of alkyl carbamates (subject to hydrolysis) is 1. The van der Waals surface area contributed by atoms with E-state index in [1.54, 1.807) is 15.8 Å². The molecular formula is C44H61N9O5. The van der Waals surface area contributed by atoms with E-state index in [0.29, 0.717) is 58.0 Å². The summed E-state index contributed by atoms with van der Waals surface area (Å²) in [5.74, 6) is -0.0295. The molecule has 3 N–H and O–H groups in total. The fourth-order valence-corrected chi connectivity index (χ4v) is 9.08. The topological polar surface area (TPSA) is 148 Å². The first-order chi connectivity index (χ1) is 28.2. The van der Waals surface area contributed by atoms with E-state index in [-0.39, 0.29) is 30.1 Å². The van der Waals surface area contributed by atoms with Crippen LogP contribution >= 0.6 is 0 Å². The molecule has 3 fully saturated rings. The lowest BCUT2D eigenvalue weighted by Gasteiger charge is -2.43. The van der Waals surface area contributed by atoms with Crippen LogP contribution in [-0.2, 0) is 22.7 Å². The number of pyridine rings is 1. The quantitative estimate of drug-likeness (QED) is 0.157. The van der Waals surface area contributed by atoms with Gasteiger partial charge in [-0.3, -0.25) is 14.5 Å². The maximum atomic E-state index is 14.4. The summed E-state index contributed by atoms with van der Waals surface area (Å²) in [6, 6.07) is 13.3. The van der Waals surface area contributed by atoms with Crippen molar-refractivity contribution >= 4 is 39.8 Å². The van der Waals surface area contributed by atoms with E-state index >= 15 is 0 Å². The van der Waals surface area contributed by atoms with Crippen molar-refractivity contribution in [2.75, 3.05) is 66.0 Å². The Hall–Kier alpha value is -4.95. The van der Waals surface area contributed by atoms with Crippen molar-refractivity contribution in [3.8, 4) is 0 Å². The Balaban J connectivity index is 1.02. The Morgan fingerprint density at radius 2 is 1.66 bits per heavy atom. The standard InChI is InChI=1S/C44H61N9O5/c1-4-5-6-9-16-45-44(57)58-30-53-40-31(2)25-32(26-35(40)29-46-53)27-39(42(55)51-23-21-50(22-24-51)36-14-17-49(3)18-15-36)48-43(56)52-19-12-33(13-20-52)37-28-34-10-7-8-11-38(34)47-41(37)54/h7-8,10-11,25-26,28-29,33,36,39H,4-6,9,12-24,27,30H2,1-3H3,(H,45,57)(H,47,54)(H,48,56)/t39-/m1/s1. The number of aromatic amines is 1. The fraction of sp³-hybridized carbons (Fsp3) is 0.568. The average molecular weight is 796 g/mol. The summed E-state index contributed by atoms with van der Waals surface area (Å²) in [7, 11) is 2.17. The van der Waals surface area contributed by atoms with Gasteiger partial charge in [0.2, 0.25) is 5.91 Å². The van der Waals surface area contributed by atoms with E-state index in [0.717, 1.165) is 103 Å². The van der Waals surface area contributed by atoms with Crippen molar-refractivity contribution in [2.45, 2.75) is 96.4 Å². The lowest BCUT2D eigenvalue weighted by Crippen LogP contribution is -2.59. The van der Waals surface area contributed by atoms with Gasteiger partial charge in [0.05, 0.1) is 11.7 Å². The molecule has 14 heteroatoms. The first-order valence-electron chi connectivity index (χ1n) is 21.4. The van der Waals surface area contributed by atoms with Crippen LogP contribution < -0.4 is 16.2 Å². The smallest absolute Gasteiger partial charge is 0.408 e. The number of aromatic nitrogens is 3. The number of unbranched alkanes of at least 4 members (excludes halogenated alkanes) is 3. The molecule has 4 aromatic rings. The molecule has 312 valence electrons. The minimum Gasteiger partial charge on any atom is -0.426 e. The Morgan fingerprint density at radius 3 is 2.41 bits per heavy atom. The predicted octanol–water partition coefficient (Wildman–Crippen LogP) is 5.19. The van der Waals surface area contributed by atoms with Gasteiger partial charge < -0.3 is 35.1 Å². The maximum absolute atomic E-state index is 14.4. The van der Waals surface area contributed by atoms with Crippen molar-refractivity contribution in [1.29, 1.82) is 0 Å². The van der Waals surface area contributed by atoms with Gasteiger partial charge >= 0.3 is 12.1 Å². The summed E-state index contributed by atoms with van der Waals surface area (Å²) >= 11 is 0. The lowest BCUT2D eigenvalue weighted by atomic mass is 9.89. The van der Waals surface area contributed by atoms with E-state index in [4.69, 9.17) is 4.74 Å². The molecule has 3 aliphatic heterocycles. The highest BCUT2D eigenvalue weighted by Crippen LogP contribution is 2.28. The molecule has 2 aromatic heterocycles. The van der Waals surface area contributed by atoms with Gasteiger partial charge in [0, 0.05) is 74.7 Å². The lowest BCUT2D eigenvalue weighted by molar-refractivity contribution is -0.135. The number of nitrogens with zero attached hydrogens (tertiary/aromatic N) is 6. The summed E-state index contributed by atoms with van der Waals surface area (Å²) in [5, 5.41) is 12.4. The number of hydrogen-bond donors (Lipinski definition) is 3. The highest BCUT2D eigenvalue weighted by atomic mass is 16.6. The van der Waals surface area contributed by atoms with Crippen LogP contribution in [0.3, 0.4) is 0 Å². The number of hydrogen-bond acceptors (Lipinski definition) is 8. The number of amides is 4. The highest BCUT2D eigenvalue weighted by Gasteiger charge is 2.34. The number of likely N-dealkylation sites (tertiary alicyclic amines) is 2. The first kappa shape index (κ1) is 41.2. The van der Waals surface area contributed by atoms with Crippen LogP contribution in [0.1, 0.15) is 80.9 Å². The number of piperidine rings is 2. The number of carbonyl (C=O) groups is 3. The number of rotatable bonds is 13. The molecule has 14 nitrogen and oxygen atoms in total. The monoisotopic (exact) mass is 795 g/mol. The Bertz CT molecular complexity index is 2090. The summed E-state index contributed by atoms with van der Waals surface area (Å²) in [6.45, 7) is 10.8. The molecule has 58 heavy (non-hydrogen) atoms. The molecule has 5 heterocycles. The molecule has 3 aliphatic rings. The Kier molecular flexibility index (Phi) is 13.6. The number of H-pyrrole nitrogens is 1. The van der Waals surface area contributed by atoms with Crippen LogP contribution in [0.4, 0.5) is 9.59 Å².